The van der Waals surface area contributed by atoms with Crippen molar-refractivity contribution in [1.82, 2.24) is 10.3 Å². The summed E-state index contributed by atoms with van der Waals surface area (Å²) in [5, 5.41) is 5.49. The molecule has 1 fully saturated rings. The molecule has 1 aliphatic heterocycles. The van der Waals surface area contributed by atoms with Crippen molar-refractivity contribution >= 4 is 11.3 Å². The molecule has 0 aromatic carbocycles. The van der Waals surface area contributed by atoms with Crippen molar-refractivity contribution in [1.29, 1.82) is 0 Å². The number of thiazole rings is 1. The Kier molecular flexibility index (Phi) is 3.91. The van der Waals surface area contributed by atoms with E-state index in [1.54, 1.807) is 11.3 Å². The standard InChI is InChI=1S/C11H18N2O2S/c1-9(10-7-16-8-13-10)12-4-3-11(2)14-5-6-15-11/h7-9,12H,3-6H2,1-2H3. The molecular formula is C11H18N2O2S. The third-order valence-electron chi connectivity index (χ3n) is 2.82. The van der Waals surface area contributed by atoms with Crippen LogP contribution in [0.15, 0.2) is 10.9 Å². The summed E-state index contributed by atoms with van der Waals surface area (Å²) in [6.45, 7) is 6.40. The van der Waals surface area contributed by atoms with Crippen molar-refractivity contribution in [2.45, 2.75) is 32.1 Å². The number of hydrogen-bond donors (Lipinski definition) is 1. The first-order chi connectivity index (χ1) is 7.70. The molecule has 1 N–H and O–H groups in total. The molecule has 2 rings (SSSR count). The van der Waals surface area contributed by atoms with E-state index in [1.807, 2.05) is 12.4 Å². The monoisotopic (exact) mass is 242 g/mol. The fourth-order valence-electron chi connectivity index (χ4n) is 1.76. The van der Waals surface area contributed by atoms with Crippen molar-refractivity contribution in [3.8, 4) is 0 Å². The molecule has 1 atom stereocenters. The van der Waals surface area contributed by atoms with Crippen LogP contribution in [0.3, 0.4) is 0 Å². The largest absolute Gasteiger partial charge is 0.348 e. The zero-order valence-corrected chi connectivity index (χ0v) is 10.5. The minimum absolute atomic E-state index is 0.288. The highest BCUT2D eigenvalue weighted by Crippen LogP contribution is 2.22. The Morgan fingerprint density at radius 2 is 2.31 bits per heavy atom. The van der Waals surface area contributed by atoms with Crippen molar-refractivity contribution in [2.75, 3.05) is 19.8 Å². The molecule has 5 heteroatoms. The van der Waals surface area contributed by atoms with Crippen LogP contribution in [0.1, 0.15) is 32.0 Å². The molecule has 1 unspecified atom stereocenters. The van der Waals surface area contributed by atoms with E-state index < -0.39 is 5.79 Å². The molecule has 1 aromatic rings. The Bertz CT molecular complexity index is 310. The third kappa shape index (κ3) is 3.01. The first-order valence-electron chi connectivity index (χ1n) is 5.59. The van der Waals surface area contributed by atoms with Gasteiger partial charge in [-0.25, -0.2) is 4.98 Å². The van der Waals surface area contributed by atoms with Gasteiger partial charge in [0.15, 0.2) is 5.79 Å². The molecule has 0 spiro atoms. The van der Waals surface area contributed by atoms with E-state index in [4.69, 9.17) is 9.47 Å². The second-order valence-electron chi connectivity index (χ2n) is 4.17. The predicted octanol–water partition coefficient (Wildman–Crippen LogP) is 1.95. The van der Waals surface area contributed by atoms with Gasteiger partial charge in [-0.15, -0.1) is 11.3 Å². The number of hydrogen-bond acceptors (Lipinski definition) is 5. The Labute approximate surface area is 100.0 Å². The van der Waals surface area contributed by atoms with Crippen LogP contribution in [0.25, 0.3) is 0 Å². The van der Waals surface area contributed by atoms with E-state index in [0.29, 0.717) is 13.2 Å². The van der Waals surface area contributed by atoms with Gasteiger partial charge in [0.05, 0.1) is 24.4 Å². The summed E-state index contributed by atoms with van der Waals surface area (Å²) < 4.78 is 11.1. The third-order valence-corrected chi connectivity index (χ3v) is 3.43. The van der Waals surface area contributed by atoms with Gasteiger partial charge in [-0.1, -0.05) is 0 Å². The topological polar surface area (TPSA) is 43.4 Å². The van der Waals surface area contributed by atoms with E-state index in [2.05, 4.69) is 22.6 Å². The second kappa shape index (κ2) is 5.23. The zero-order valence-electron chi connectivity index (χ0n) is 9.73. The van der Waals surface area contributed by atoms with Crippen molar-refractivity contribution in [3.05, 3.63) is 16.6 Å². The van der Waals surface area contributed by atoms with Gasteiger partial charge in [-0.3, -0.25) is 0 Å². The Balaban J connectivity index is 1.72. The van der Waals surface area contributed by atoms with Crippen LogP contribution in [0, 0.1) is 0 Å². The molecule has 1 saturated heterocycles. The lowest BCUT2D eigenvalue weighted by atomic mass is 10.2. The van der Waals surface area contributed by atoms with Crippen LogP contribution < -0.4 is 5.32 Å². The van der Waals surface area contributed by atoms with Crippen LogP contribution in [0.2, 0.25) is 0 Å². The van der Waals surface area contributed by atoms with Crippen LogP contribution in [-0.4, -0.2) is 30.5 Å². The molecule has 4 nitrogen and oxygen atoms in total. The molecule has 0 saturated carbocycles. The Morgan fingerprint density at radius 1 is 1.56 bits per heavy atom. The molecule has 16 heavy (non-hydrogen) atoms. The highest BCUT2D eigenvalue weighted by Gasteiger charge is 2.30. The fourth-order valence-corrected chi connectivity index (χ4v) is 2.41. The molecule has 1 aliphatic rings. The number of rotatable bonds is 5. The van der Waals surface area contributed by atoms with Crippen LogP contribution >= 0.6 is 11.3 Å². The quantitative estimate of drug-likeness (QED) is 0.857. The fraction of sp³-hybridized carbons (Fsp3) is 0.727. The van der Waals surface area contributed by atoms with E-state index in [0.717, 1.165) is 18.7 Å². The second-order valence-corrected chi connectivity index (χ2v) is 4.89. The highest BCUT2D eigenvalue weighted by molar-refractivity contribution is 7.07. The molecule has 0 amide bonds. The number of nitrogens with one attached hydrogen (secondary N) is 1. The van der Waals surface area contributed by atoms with Crippen molar-refractivity contribution < 1.29 is 9.47 Å². The van der Waals surface area contributed by atoms with Gasteiger partial charge in [-0.05, 0) is 13.8 Å². The molecule has 0 bridgehead atoms. The normalized spacial score (nSPS) is 21.1. The van der Waals surface area contributed by atoms with Crippen molar-refractivity contribution in [2.24, 2.45) is 0 Å². The molecular weight excluding hydrogens is 224 g/mol. The first-order valence-corrected chi connectivity index (χ1v) is 6.53. The van der Waals surface area contributed by atoms with Crippen LogP contribution in [-0.2, 0) is 9.47 Å². The molecule has 0 aliphatic carbocycles. The zero-order chi connectivity index (χ0) is 11.4. The molecule has 1 aromatic heterocycles. The minimum Gasteiger partial charge on any atom is -0.348 e. The lowest BCUT2D eigenvalue weighted by molar-refractivity contribution is -0.145. The van der Waals surface area contributed by atoms with Gasteiger partial charge in [-0.2, -0.15) is 0 Å². The lowest BCUT2D eigenvalue weighted by Gasteiger charge is -2.23. The van der Waals surface area contributed by atoms with Gasteiger partial charge in [0.25, 0.3) is 0 Å². The maximum atomic E-state index is 5.54. The summed E-state index contributed by atoms with van der Waals surface area (Å²) in [5.41, 5.74) is 2.96. The summed E-state index contributed by atoms with van der Waals surface area (Å²) >= 11 is 1.63. The minimum atomic E-state index is -0.394. The smallest absolute Gasteiger partial charge is 0.166 e. The summed E-state index contributed by atoms with van der Waals surface area (Å²) in [4.78, 5) is 4.28. The Morgan fingerprint density at radius 3 is 2.94 bits per heavy atom. The average molecular weight is 242 g/mol. The SMILES string of the molecule is CC(NCCC1(C)OCCO1)c1cscn1. The average Bonchev–Trinajstić information content (AvgIpc) is 2.88. The molecule has 0 radical (unpaired) electrons. The lowest BCUT2D eigenvalue weighted by Crippen LogP contribution is -2.32. The predicted molar refractivity (Wildman–Crippen MR) is 63.5 cm³/mol. The van der Waals surface area contributed by atoms with E-state index in [-0.39, 0.29) is 6.04 Å². The summed E-state index contributed by atoms with van der Waals surface area (Å²) in [7, 11) is 0. The van der Waals surface area contributed by atoms with Crippen LogP contribution in [0.4, 0.5) is 0 Å². The van der Waals surface area contributed by atoms with Crippen molar-refractivity contribution in [3.63, 3.8) is 0 Å². The van der Waals surface area contributed by atoms with E-state index >= 15 is 0 Å². The number of nitrogens with zero attached hydrogens (tertiary/aromatic N) is 1. The maximum Gasteiger partial charge on any atom is 0.166 e. The maximum absolute atomic E-state index is 5.54. The number of aromatic nitrogens is 1. The van der Waals surface area contributed by atoms with E-state index in [1.165, 1.54) is 0 Å². The van der Waals surface area contributed by atoms with Gasteiger partial charge >= 0.3 is 0 Å². The van der Waals surface area contributed by atoms with Crippen LogP contribution in [0.5, 0.6) is 0 Å². The summed E-state index contributed by atoms with van der Waals surface area (Å²) in [5.74, 6) is -0.394. The summed E-state index contributed by atoms with van der Waals surface area (Å²) in [6, 6.07) is 0.288. The molecule has 2 heterocycles. The first kappa shape index (κ1) is 12.0. The summed E-state index contributed by atoms with van der Waals surface area (Å²) in [6.07, 6.45) is 0.863. The Hall–Kier alpha value is -0.490. The van der Waals surface area contributed by atoms with E-state index in [9.17, 15) is 0 Å². The molecule has 90 valence electrons. The van der Waals surface area contributed by atoms with Gasteiger partial charge in [0.1, 0.15) is 0 Å². The van der Waals surface area contributed by atoms with Gasteiger partial charge in [0, 0.05) is 24.4 Å². The highest BCUT2D eigenvalue weighted by atomic mass is 32.1. The van der Waals surface area contributed by atoms with Gasteiger partial charge < -0.3 is 14.8 Å². The van der Waals surface area contributed by atoms with Gasteiger partial charge in [0.2, 0.25) is 0 Å². The number of ether oxygens (including phenoxy) is 2.